The first-order valence-electron chi connectivity index (χ1n) is 6.67. The van der Waals surface area contributed by atoms with Crippen LogP contribution in [0.25, 0.3) is 0 Å². The van der Waals surface area contributed by atoms with Gasteiger partial charge in [0.15, 0.2) is 0 Å². The Hall–Kier alpha value is -1.05. The van der Waals surface area contributed by atoms with E-state index >= 15 is 0 Å². The maximum absolute atomic E-state index is 13.3. The van der Waals surface area contributed by atoms with E-state index in [4.69, 9.17) is 5.26 Å². The summed E-state index contributed by atoms with van der Waals surface area (Å²) in [5.74, 6) is -0.332. The van der Waals surface area contributed by atoms with E-state index in [0.29, 0.717) is 18.2 Å². The third-order valence-corrected chi connectivity index (χ3v) is 4.83. The molecule has 0 radical (unpaired) electrons. The van der Waals surface area contributed by atoms with E-state index < -0.39 is 0 Å². The van der Waals surface area contributed by atoms with Gasteiger partial charge < -0.3 is 5.32 Å². The normalized spacial score (nSPS) is 23.0. The van der Waals surface area contributed by atoms with Crippen LogP contribution >= 0.6 is 11.8 Å². The SMILES string of the molecule is CSC1CCC(NCc2cc(F)cc(C#N)c2)CC1. The van der Waals surface area contributed by atoms with Crippen molar-refractivity contribution in [2.75, 3.05) is 6.26 Å². The van der Waals surface area contributed by atoms with Crippen molar-refractivity contribution in [3.05, 3.63) is 35.1 Å². The Balaban J connectivity index is 1.86. The molecule has 0 heterocycles. The Morgan fingerprint density at radius 1 is 1.32 bits per heavy atom. The molecule has 0 spiro atoms. The summed E-state index contributed by atoms with van der Waals surface area (Å²) >= 11 is 1.96. The molecule has 1 aliphatic carbocycles. The quantitative estimate of drug-likeness (QED) is 0.916. The Morgan fingerprint density at radius 2 is 2.05 bits per heavy atom. The number of rotatable bonds is 4. The minimum atomic E-state index is -0.332. The lowest BCUT2D eigenvalue weighted by molar-refractivity contribution is 0.378. The van der Waals surface area contributed by atoms with Gasteiger partial charge in [-0.15, -0.1) is 0 Å². The fraction of sp³-hybridized carbons (Fsp3) is 0.533. The van der Waals surface area contributed by atoms with Crippen molar-refractivity contribution in [2.45, 2.75) is 43.5 Å². The van der Waals surface area contributed by atoms with E-state index in [2.05, 4.69) is 11.6 Å². The van der Waals surface area contributed by atoms with Crippen LogP contribution in [0.2, 0.25) is 0 Å². The van der Waals surface area contributed by atoms with E-state index in [1.807, 2.05) is 17.8 Å². The molecule has 0 unspecified atom stereocenters. The number of nitrogens with one attached hydrogen (secondary N) is 1. The number of hydrogen-bond donors (Lipinski definition) is 1. The van der Waals surface area contributed by atoms with Crippen molar-refractivity contribution in [1.29, 1.82) is 5.26 Å². The second kappa shape index (κ2) is 6.93. The molecule has 1 saturated carbocycles. The van der Waals surface area contributed by atoms with E-state index in [1.165, 1.54) is 37.8 Å². The number of hydrogen-bond acceptors (Lipinski definition) is 3. The van der Waals surface area contributed by atoms with Crippen LogP contribution in [0, 0.1) is 17.1 Å². The molecular weight excluding hydrogens is 259 g/mol. The number of thioether (sulfide) groups is 1. The second-order valence-corrected chi connectivity index (χ2v) is 6.19. The van der Waals surface area contributed by atoms with Crippen molar-refractivity contribution < 1.29 is 4.39 Å². The molecule has 19 heavy (non-hydrogen) atoms. The summed E-state index contributed by atoms with van der Waals surface area (Å²) in [6, 6.07) is 7.04. The zero-order valence-corrected chi connectivity index (χ0v) is 12.0. The van der Waals surface area contributed by atoms with Gasteiger partial charge in [0.05, 0.1) is 11.6 Å². The number of nitriles is 1. The summed E-state index contributed by atoms with van der Waals surface area (Å²) in [4.78, 5) is 0. The minimum Gasteiger partial charge on any atom is -0.310 e. The van der Waals surface area contributed by atoms with Crippen molar-refractivity contribution in [3.63, 3.8) is 0 Å². The van der Waals surface area contributed by atoms with Crippen molar-refractivity contribution in [1.82, 2.24) is 5.32 Å². The number of benzene rings is 1. The minimum absolute atomic E-state index is 0.332. The zero-order chi connectivity index (χ0) is 13.7. The first-order chi connectivity index (χ1) is 9.21. The molecule has 1 aromatic rings. The molecule has 1 aliphatic rings. The van der Waals surface area contributed by atoms with Crippen LogP contribution in [0.15, 0.2) is 18.2 Å². The molecule has 1 fully saturated rings. The van der Waals surface area contributed by atoms with Crippen LogP contribution in [0.5, 0.6) is 0 Å². The first-order valence-corrected chi connectivity index (χ1v) is 7.96. The van der Waals surface area contributed by atoms with Crippen LogP contribution in [-0.4, -0.2) is 17.5 Å². The molecule has 0 aliphatic heterocycles. The van der Waals surface area contributed by atoms with Gasteiger partial charge in [-0.2, -0.15) is 17.0 Å². The van der Waals surface area contributed by atoms with Crippen LogP contribution in [0.1, 0.15) is 36.8 Å². The summed E-state index contributed by atoms with van der Waals surface area (Å²) in [6.45, 7) is 0.640. The molecule has 1 aromatic carbocycles. The van der Waals surface area contributed by atoms with Gasteiger partial charge in [0.25, 0.3) is 0 Å². The lowest BCUT2D eigenvalue weighted by Crippen LogP contribution is -2.33. The Bertz CT molecular complexity index is 462. The average molecular weight is 278 g/mol. The summed E-state index contributed by atoms with van der Waals surface area (Å²) in [5.41, 5.74) is 1.24. The Morgan fingerprint density at radius 3 is 2.68 bits per heavy atom. The predicted octanol–water partition coefficient (Wildman–Crippen LogP) is 3.46. The highest BCUT2D eigenvalue weighted by molar-refractivity contribution is 7.99. The topological polar surface area (TPSA) is 35.8 Å². The van der Waals surface area contributed by atoms with Gasteiger partial charge in [-0.1, -0.05) is 0 Å². The Kier molecular flexibility index (Phi) is 5.24. The van der Waals surface area contributed by atoms with Gasteiger partial charge in [0.2, 0.25) is 0 Å². The van der Waals surface area contributed by atoms with Crippen LogP contribution in [0.3, 0.4) is 0 Å². The van der Waals surface area contributed by atoms with Gasteiger partial charge >= 0.3 is 0 Å². The Labute approximate surface area is 118 Å². The van der Waals surface area contributed by atoms with Crippen LogP contribution in [0.4, 0.5) is 4.39 Å². The molecule has 2 rings (SSSR count). The molecule has 0 atom stereocenters. The molecule has 2 nitrogen and oxygen atoms in total. The fourth-order valence-electron chi connectivity index (χ4n) is 2.58. The van der Waals surface area contributed by atoms with Crippen LogP contribution < -0.4 is 5.32 Å². The number of nitrogens with zero attached hydrogens (tertiary/aromatic N) is 1. The van der Waals surface area contributed by atoms with E-state index in [0.717, 1.165) is 10.8 Å². The maximum atomic E-state index is 13.3. The van der Waals surface area contributed by atoms with Crippen molar-refractivity contribution in [3.8, 4) is 6.07 Å². The lowest BCUT2D eigenvalue weighted by atomic mass is 9.95. The monoisotopic (exact) mass is 278 g/mol. The standard InChI is InChI=1S/C15H19FN2S/c1-19-15-4-2-14(3-5-15)18-10-12-6-11(9-17)7-13(16)8-12/h6-8,14-15,18H,2-5,10H2,1H3. The lowest BCUT2D eigenvalue weighted by Gasteiger charge is -2.28. The smallest absolute Gasteiger partial charge is 0.124 e. The highest BCUT2D eigenvalue weighted by atomic mass is 32.2. The summed E-state index contributed by atoms with van der Waals surface area (Å²) in [7, 11) is 0. The van der Waals surface area contributed by atoms with Crippen LogP contribution in [-0.2, 0) is 6.54 Å². The molecule has 1 N–H and O–H groups in total. The molecular formula is C15H19FN2S. The largest absolute Gasteiger partial charge is 0.310 e. The molecule has 0 aromatic heterocycles. The summed E-state index contributed by atoms with van der Waals surface area (Å²) in [6.07, 6.45) is 7.06. The van der Waals surface area contributed by atoms with Crippen molar-refractivity contribution in [2.24, 2.45) is 0 Å². The fourth-order valence-corrected chi connectivity index (χ4v) is 3.33. The highest BCUT2D eigenvalue weighted by Gasteiger charge is 2.19. The van der Waals surface area contributed by atoms with E-state index in [1.54, 1.807) is 6.07 Å². The molecule has 4 heteroatoms. The highest BCUT2D eigenvalue weighted by Crippen LogP contribution is 2.27. The summed E-state index contributed by atoms with van der Waals surface area (Å²) in [5, 5.41) is 13.1. The summed E-state index contributed by atoms with van der Waals surface area (Å²) < 4.78 is 13.3. The average Bonchev–Trinajstić information content (AvgIpc) is 2.45. The predicted molar refractivity (Wildman–Crippen MR) is 77.5 cm³/mol. The second-order valence-electron chi connectivity index (χ2n) is 5.05. The molecule has 0 amide bonds. The first kappa shape index (κ1) is 14.4. The maximum Gasteiger partial charge on any atom is 0.124 e. The molecule has 102 valence electrons. The van der Waals surface area contributed by atoms with Gasteiger partial charge in [-0.25, -0.2) is 4.39 Å². The molecule has 0 bridgehead atoms. The van der Waals surface area contributed by atoms with Gasteiger partial charge in [-0.05, 0) is 55.7 Å². The van der Waals surface area contributed by atoms with Gasteiger partial charge in [0, 0.05) is 17.8 Å². The third-order valence-electron chi connectivity index (χ3n) is 3.69. The van der Waals surface area contributed by atoms with E-state index in [-0.39, 0.29) is 5.82 Å². The third kappa shape index (κ3) is 4.22. The van der Waals surface area contributed by atoms with Crippen molar-refractivity contribution >= 4 is 11.8 Å². The van der Waals surface area contributed by atoms with E-state index in [9.17, 15) is 4.39 Å². The van der Waals surface area contributed by atoms with Gasteiger partial charge in [-0.3, -0.25) is 0 Å². The van der Waals surface area contributed by atoms with Gasteiger partial charge in [0.1, 0.15) is 5.82 Å². The zero-order valence-electron chi connectivity index (χ0n) is 11.2. The number of halogens is 1. The molecule has 0 saturated heterocycles.